The number of hydrogen-bond donors (Lipinski definition) is 1. The van der Waals surface area contributed by atoms with Crippen molar-refractivity contribution in [3.63, 3.8) is 0 Å². The maximum atomic E-state index is 12.6. The number of rotatable bonds is 4. The van der Waals surface area contributed by atoms with Gasteiger partial charge in [-0.1, -0.05) is 30.3 Å². The van der Waals surface area contributed by atoms with Crippen LogP contribution in [-0.2, 0) is 22.4 Å². The van der Waals surface area contributed by atoms with Crippen LogP contribution in [0.1, 0.15) is 62.0 Å². The van der Waals surface area contributed by atoms with Crippen LogP contribution in [0.2, 0.25) is 0 Å². The van der Waals surface area contributed by atoms with Crippen molar-refractivity contribution in [2.24, 2.45) is 5.92 Å². The number of fused-ring (bicyclic) bond motifs is 3. The van der Waals surface area contributed by atoms with Gasteiger partial charge in [-0.05, 0) is 63.1 Å². The molecule has 7 heteroatoms. The summed E-state index contributed by atoms with van der Waals surface area (Å²) < 4.78 is 7.42. The first-order valence-corrected chi connectivity index (χ1v) is 12.1. The van der Waals surface area contributed by atoms with Crippen molar-refractivity contribution in [1.82, 2.24) is 9.55 Å². The van der Waals surface area contributed by atoms with Gasteiger partial charge in [0.15, 0.2) is 0 Å². The van der Waals surface area contributed by atoms with Gasteiger partial charge in [0, 0.05) is 24.1 Å². The summed E-state index contributed by atoms with van der Waals surface area (Å²) >= 11 is 0. The van der Waals surface area contributed by atoms with Gasteiger partial charge in [0.1, 0.15) is 5.82 Å². The van der Waals surface area contributed by atoms with Crippen molar-refractivity contribution >= 4 is 28.8 Å². The van der Waals surface area contributed by atoms with E-state index >= 15 is 0 Å². The van der Waals surface area contributed by atoms with E-state index in [4.69, 9.17) is 9.72 Å². The second-order valence-electron chi connectivity index (χ2n) is 9.56. The van der Waals surface area contributed by atoms with E-state index in [1.165, 1.54) is 12.7 Å². The first kappa shape index (κ1) is 22.4. The summed E-state index contributed by atoms with van der Waals surface area (Å²) in [6.45, 7) is 2.05. The number of carboxylic acids is 1. The van der Waals surface area contributed by atoms with Crippen molar-refractivity contribution in [1.29, 1.82) is 0 Å². The number of hydrogen-bond acceptors (Lipinski definition) is 4. The minimum Gasteiger partial charge on any atom is -0.481 e. The second-order valence-corrected chi connectivity index (χ2v) is 9.56. The molecule has 2 aromatic carbocycles. The molecule has 1 aliphatic heterocycles. The summed E-state index contributed by atoms with van der Waals surface area (Å²) in [4.78, 5) is 31.0. The zero-order valence-corrected chi connectivity index (χ0v) is 19.7. The quantitative estimate of drug-likeness (QED) is 0.566. The van der Waals surface area contributed by atoms with Crippen molar-refractivity contribution < 1.29 is 19.4 Å². The van der Waals surface area contributed by atoms with Gasteiger partial charge in [0.25, 0.3) is 0 Å². The lowest BCUT2D eigenvalue weighted by atomic mass is 9.85. The van der Waals surface area contributed by atoms with E-state index in [-0.39, 0.29) is 24.1 Å². The smallest absolute Gasteiger partial charge is 0.414 e. The van der Waals surface area contributed by atoms with Crippen LogP contribution >= 0.6 is 0 Å². The Labute approximate surface area is 199 Å². The molecule has 2 aliphatic rings. The Balaban J connectivity index is 1.61. The van der Waals surface area contributed by atoms with E-state index in [0.717, 1.165) is 53.8 Å². The van der Waals surface area contributed by atoms with Crippen LogP contribution in [0.15, 0.2) is 42.5 Å². The standard InChI is InChI=1S/C27H31N3O4/c1-17-8-13-21-22(29(17)27(33)34-2)14-15-23-25(21)28-24(16-18-6-4-3-5-7-18)30(23)20-11-9-19(10-12-20)26(31)32/h3-7,14-15,17,19-20H,8-13,16H2,1-2H3,(H,31,32). The van der Waals surface area contributed by atoms with Crippen LogP contribution in [0.5, 0.6) is 0 Å². The summed E-state index contributed by atoms with van der Waals surface area (Å²) in [7, 11) is 1.42. The number of ether oxygens (including phenoxy) is 1. The third kappa shape index (κ3) is 3.93. The maximum absolute atomic E-state index is 12.6. The molecule has 1 amide bonds. The molecule has 1 unspecified atom stereocenters. The fourth-order valence-corrected chi connectivity index (χ4v) is 5.71. The molecular weight excluding hydrogens is 430 g/mol. The van der Waals surface area contributed by atoms with Crippen LogP contribution in [0.25, 0.3) is 11.0 Å². The number of nitrogens with zero attached hydrogens (tertiary/aromatic N) is 3. The number of imidazole rings is 1. The van der Waals surface area contributed by atoms with Crippen molar-refractivity contribution in [3.05, 3.63) is 59.4 Å². The first-order chi connectivity index (χ1) is 16.5. The number of carbonyl (C=O) groups is 2. The lowest BCUT2D eigenvalue weighted by Crippen LogP contribution is -2.42. The number of aryl methyl sites for hydroxylation is 1. The van der Waals surface area contributed by atoms with Crippen LogP contribution in [0, 0.1) is 5.92 Å². The number of benzene rings is 2. The average Bonchev–Trinajstić information content (AvgIpc) is 3.22. The Morgan fingerprint density at radius 3 is 2.47 bits per heavy atom. The van der Waals surface area contributed by atoms with Gasteiger partial charge in [0.05, 0.1) is 29.7 Å². The molecule has 1 fully saturated rings. The van der Waals surface area contributed by atoms with Gasteiger partial charge in [-0.25, -0.2) is 9.78 Å². The zero-order chi connectivity index (χ0) is 23.8. The minimum absolute atomic E-state index is 0.0644. The molecule has 3 aromatic rings. The predicted molar refractivity (Wildman–Crippen MR) is 130 cm³/mol. The predicted octanol–water partition coefficient (Wildman–Crippen LogP) is 5.35. The van der Waals surface area contributed by atoms with Gasteiger partial charge in [-0.2, -0.15) is 0 Å². The summed E-state index contributed by atoms with van der Waals surface area (Å²) in [5.41, 5.74) is 5.18. The second kappa shape index (κ2) is 9.12. The Morgan fingerprint density at radius 1 is 1.06 bits per heavy atom. The van der Waals surface area contributed by atoms with Crippen LogP contribution in [0.3, 0.4) is 0 Å². The molecular formula is C27H31N3O4. The lowest BCUT2D eigenvalue weighted by Gasteiger charge is -2.34. The maximum Gasteiger partial charge on any atom is 0.414 e. The van der Waals surface area contributed by atoms with Gasteiger partial charge in [-0.15, -0.1) is 0 Å². The van der Waals surface area contributed by atoms with E-state index in [0.29, 0.717) is 19.3 Å². The molecule has 1 N–H and O–H groups in total. The molecule has 0 radical (unpaired) electrons. The summed E-state index contributed by atoms with van der Waals surface area (Å²) in [6, 6.07) is 14.7. The fourth-order valence-electron chi connectivity index (χ4n) is 5.71. The topological polar surface area (TPSA) is 84.7 Å². The van der Waals surface area contributed by atoms with Crippen LogP contribution < -0.4 is 4.90 Å². The summed E-state index contributed by atoms with van der Waals surface area (Å²) in [6.07, 6.45) is 5.09. The number of carboxylic acid groups (broad SMARTS) is 1. The molecule has 0 bridgehead atoms. The summed E-state index contributed by atoms with van der Waals surface area (Å²) in [5, 5.41) is 9.46. The highest BCUT2D eigenvalue weighted by atomic mass is 16.5. The number of aliphatic carboxylic acids is 1. The highest BCUT2D eigenvalue weighted by molar-refractivity contribution is 5.95. The van der Waals surface area contributed by atoms with Crippen molar-refractivity contribution in [3.8, 4) is 0 Å². The molecule has 5 rings (SSSR count). The number of methoxy groups -OCH3 is 1. The number of anilines is 1. The number of aromatic nitrogens is 2. The fraction of sp³-hybridized carbons (Fsp3) is 0.444. The molecule has 34 heavy (non-hydrogen) atoms. The van der Waals surface area contributed by atoms with Crippen LogP contribution in [-0.4, -0.2) is 39.9 Å². The Hall–Kier alpha value is -3.35. The van der Waals surface area contributed by atoms with Crippen LogP contribution in [0.4, 0.5) is 10.5 Å². The van der Waals surface area contributed by atoms with E-state index < -0.39 is 5.97 Å². The molecule has 1 atom stereocenters. The Morgan fingerprint density at radius 2 is 1.79 bits per heavy atom. The molecule has 0 spiro atoms. The van der Waals surface area contributed by atoms with Gasteiger partial charge in [-0.3, -0.25) is 9.69 Å². The molecule has 7 nitrogen and oxygen atoms in total. The van der Waals surface area contributed by atoms with Crippen molar-refractivity contribution in [2.75, 3.05) is 12.0 Å². The highest BCUT2D eigenvalue weighted by Gasteiger charge is 2.33. The molecule has 0 saturated heterocycles. The Bertz CT molecular complexity index is 1210. The lowest BCUT2D eigenvalue weighted by molar-refractivity contribution is -0.143. The molecule has 1 aliphatic carbocycles. The molecule has 178 valence electrons. The number of amides is 1. The highest BCUT2D eigenvalue weighted by Crippen LogP contribution is 2.40. The van der Waals surface area contributed by atoms with E-state index in [1.807, 2.05) is 31.2 Å². The van der Waals surface area contributed by atoms with E-state index in [1.54, 1.807) is 4.90 Å². The SMILES string of the molecule is COC(=O)N1c2ccc3c(nc(Cc4ccccc4)n3C3CCC(C(=O)O)CC3)c2CCC1C. The van der Waals surface area contributed by atoms with Crippen molar-refractivity contribution in [2.45, 2.75) is 64.0 Å². The normalized spacial score (nSPS) is 22.4. The van der Waals surface area contributed by atoms with Gasteiger partial charge >= 0.3 is 12.1 Å². The minimum atomic E-state index is -0.690. The Kier molecular flexibility index (Phi) is 6.02. The van der Waals surface area contributed by atoms with E-state index in [2.05, 4.69) is 22.8 Å². The van der Waals surface area contributed by atoms with Gasteiger partial charge < -0.3 is 14.4 Å². The monoisotopic (exact) mass is 461 g/mol. The zero-order valence-electron chi connectivity index (χ0n) is 19.7. The molecule has 1 saturated carbocycles. The van der Waals surface area contributed by atoms with Gasteiger partial charge in [0.2, 0.25) is 0 Å². The molecule has 2 heterocycles. The average molecular weight is 462 g/mol. The summed E-state index contributed by atoms with van der Waals surface area (Å²) in [5.74, 6) is 0.0487. The van der Waals surface area contributed by atoms with E-state index in [9.17, 15) is 14.7 Å². The third-order valence-electron chi connectivity index (χ3n) is 7.52. The largest absolute Gasteiger partial charge is 0.481 e. The third-order valence-corrected chi connectivity index (χ3v) is 7.52. The number of carbonyl (C=O) groups excluding carboxylic acids is 1. The first-order valence-electron chi connectivity index (χ1n) is 12.1. The molecule has 1 aromatic heterocycles.